The summed E-state index contributed by atoms with van der Waals surface area (Å²) in [5, 5.41) is 64.0. The van der Waals surface area contributed by atoms with Crippen molar-refractivity contribution in [3.05, 3.63) is 12.2 Å². The molecule has 2 amide bonds. The predicted molar refractivity (Wildman–Crippen MR) is 203 cm³/mol. The molecule has 0 aromatic carbocycles. The second kappa shape index (κ2) is 18.6. The van der Waals surface area contributed by atoms with E-state index in [2.05, 4.69) is 15.6 Å². The second-order valence-electron chi connectivity index (χ2n) is 17.0. The Bertz CT molecular complexity index is 1580. The SMILES string of the molecule is CN=C(N)NCC1C(CCC=O)CC2C(=O)C3CC(OC)CC(OC4OC(CO)C(O)(CC(CN5C(=O)C=CC5=O)C5CCNC(N)C5)C(O)C4O)C3C(=O)C2C1O. The van der Waals surface area contributed by atoms with Crippen molar-refractivity contribution in [2.24, 2.45) is 63.8 Å². The number of ether oxygens (including phenoxy) is 3. The fraction of sp³-hybridized carbons (Fsp3) is 0.795. The highest BCUT2D eigenvalue weighted by molar-refractivity contribution is 6.12. The summed E-state index contributed by atoms with van der Waals surface area (Å²) in [6.45, 7) is -0.279. The zero-order valence-corrected chi connectivity index (χ0v) is 33.0. The monoisotopic (exact) mass is 820 g/mol. The number of amides is 2. The van der Waals surface area contributed by atoms with Crippen LogP contribution in [0.5, 0.6) is 0 Å². The van der Waals surface area contributed by atoms with E-state index in [0.29, 0.717) is 25.8 Å². The number of ketones is 2. The molecule has 0 aromatic heterocycles. The molecule has 0 aromatic rings. The number of guanidine groups is 1. The summed E-state index contributed by atoms with van der Waals surface area (Å²) in [5.74, 6) is -7.13. The number of aliphatic hydroxyl groups excluding tert-OH is 4. The second-order valence-corrected chi connectivity index (χ2v) is 17.0. The van der Waals surface area contributed by atoms with Crippen molar-refractivity contribution in [2.45, 2.75) is 106 Å². The molecule has 324 valence electrons. The molecular formula is C39H60N6O13. The molecule has 3 aliphatic heterocycles. The number of nitrogens with two attached hydrogens (primary N) is 2. The Morgan fingerprint density at radius 2 is 1.79 bits per heavy atom. The van der Waals surface area contributed by atoms with Crippen LogP contribution in [-0.4, -0.2) is 161 Å². The van der Waals surface area contributed by atoms with Gasteiger partial charge in [-0.1, -0.05) is 0 Å². The predicted octanol–water partition coefficient (Wildman–Crippen LogP) is -3.31. The third-order valence-electron chi connectivity index (χ3n) is 13.9. The van der Waals surface area contributed by atoms with Gasteiger partial charge >= 0.3 is 0 Å². The van der Waals surface area contributed by atoms with Crippen LogP contribution in [0.1, 0.15) is 51.4 Å². The quantitative estimate of drug-likeness (QED) is 0.0359. The van der Waals surface area contributed by atoms with Gasteiger partial charge in [-0.05, 0) is 62.8 Å². The summed E-state index contributed by atoms with van der Waals surface area (Å²) < 4.78 is 18.1. The van der Waals surface area contributed by atoms with Crippen LogP contribution in [-0.2, 0) is 38.2 Å². The Morgan fingerprint density at radius 3 is 2.43 bits per heavy atom. The maximum atomic E-state index is 14.6. The van der Waals surface area contributed by atoms with E-state index in [4.69, 9.17) is 25.7 Å². The van der Waals surface area contributed by atoms with E-state index in [0.717, 1.165) is 23.3 Å². The molecular weight excluding hydrogens is 760 g/mol. The molecule has 19 nitrogen and oxygen atoms in total. The van der Waals surface area contributed by atoms with Crippen LogP contribution in [0.2, 0.25) is 0 Å². The third kappa shape index (κ3) is 8.66. The summed E-state index contributed by atoms with van der Waals surface area (Å²) in [6.07, 6.45) is -5.55. The summed E-state index contributed by atoms with van der Waals surface area (Å²) in [7, 11) is 2.96. The number of nitrogens with zero attached hydrogens (tertiary/aromatic N) is 2. The summed E-state index contributed by atoms with van der Waals surface area (Å²) in [6, 6.07) is 0. The Morgan fingerprint density at radius 1 is 1.09 bits per heavy atom. The third-order valence-corrected chi connectivity index (χ3v) is 13.9. The summed E-state index contributed by atoms with van der Waals surface area (Å²) >= 11 is 0. The number of Topliss-reactive ketones (excluding diaryl/α,β-unsaturated/α-hetero) is 2. The van der Waals surface area contributed by atoms with Gasteiger partial charge in [0.1, 0.15) is 41.8 Å². The molecule has 17 atom stereocenters. The average Bonchev–Trinajstić information content (AvgIpc) is 3.53. The number of aliphatic imine (C=N–C) groups is 1. The largest absolute Gasteiger partial charge is 0.394 e. The molecule has 19 heteroatoms. The van der Waals surface area contributed by atoms with Gasteiger partial charge in [-0.2, -0.15) is 0 Å². The van der Waals surface area contributed by atoms with Crippen LogP contribution in [0.4, 0.5) is 0 Å². The lowest BCUT2D eigenvalue weighted by Gasteiger charge is -2.54. The number of methoxy groups -OCH3 is 1. The number of hydrogen-bond acceptors (Lipinski definition) is 16. The van der Waals surface area contributed by atoms with Gasteiger partial charge in [0.15, 0.2) is 12.2 Å². The number of aliphatic hydroxyl groups is 5. The lowest BCUT2D eigenvalue weighted by molar-refractivity contribution is -0.348. The molecule has 6 rings (SSSR count). The number of piperidine rings is 1. The Hall–Kier alpha value is -3.24. The van der Waals surface area contributed by atoms with E-state index in [1.165, 1.54) is 14.2 Å². The smallest absolute Gasteiger partial charge is 0.253 e. The molecule has 5 fully saturated rings. The first-order valence-corrected chi connectivity index (χ1v) is 20.4. The Kier molecular flexibility index (Phi) is 14.2. The zero-order chi connectivity index (χ0) is 42.1. The van der Waals surface area contributed by atoms with Gasteiger partial charge in [-0.3, -0.25) is 29.1 Å². The number of fused-ring (bicyclic) bond motifs is 2. The topological polar surface area (TPSA) is 306 Å². The first-order chi connectivity index (χ1) is 27.7. The van der Waals surface area contributed by atoms with Gasteiger partial charge in [-0.15, -0.1) is 0 Å². The lowest BCUT2D eigenvalue weighted by atomic mass is 9.53. The minimum atomic E-state index is -2.30. The maximum absolute atomic E-state index is 14.6. The molecule has 0 radical (unpaired) electrons. The summed E-state index contributed by atoms with van der Waals surface area (Å²) in [4.78, 5) is 70.5. The minimum Gasteiger partial charge on any atom is -0.394 e. The highest BCUT2D eigenvalue weighted by Gasteiger charge is 2.62. The fourth-order valence-corrected chi connectivity index (χ4v) is 10.8. The molecule has 58 heavy (non-hydrogen) atoms. The van der Waals surface area contributed by atoms with Crippen molar-refractivity contribution in [3.63, 3.8) is 0 Å². The van der Waals surface area contributed by atoms with Gasteiger partial charge < -0.3 is 66.6 Å². The molecule has 2 saturated heterocycles. The molecule has 3 saturated carbocycles. The van der Waals surface area contributed by atoms with Gasteiger partial charge in [-0.25, -0.2) is 0 Å². The number of imide groups is 1. The fourth-order valence-electron chi connectivity index (χ4n) is 10.8. The maximum Gasteiger partial charge on any atom is 0.253 e. The molecule has 6 aliphatic rings. The molecule has 17 unspecified atom stereocenters. The number of carbonyl (C=O) groups is 5. The van der Waals surface area contributed by atoms with E-state index in [-0.39, 0.29) is 68.8 Å². The number of hydrogen-bond donors (Lipinski definition) is 9. The molecule has 3 aliphatic carbocycles. The normalized spacial score (nSPS) is 42.6. The van der Waals surface area contributed by atoms with E-state index in [1.54, 1.807) is 0 Å². The Labute approximate surface area is 336 Å². The number of nitrogens with one attached hydrogen (secondary N) is 2. The number of aldehydes is 1. The van der Waals surface area contributed by atoms with Gasteiger partial charge in [0, 0.05) is 70.0 Å². The minimum absolute atomic E-state index is 0.0846. The first-order valence-electron chi connectivity index (χ1n) is 20.4. The highest BCUT2D eigenvalue weighted by atomic mass is 16.7. The first kappa shape index (κ1) is 44.3. The number of rotatable bonds is 14. The van der Waals surface area contributed by atoms with Crippen LogP contribution >= 0.6 is 0 Å². The number of carbonyl (C=O) groups excluding carboxylic acids is 5. The van der Waals surface area contributed by atoms with E-state index >= 15 is 0 Å². The molecule has 0 spiro atoms. The standard InChI is InChI=1S/C39H60N6O13/c1-42-38(41)44-15-24-19(4-3-9-46)10-22-31(33(24)51)34(52)30-23(32(22)50)12-21(56-2)13-25(30)57-37-35(53)36(54)39(55,26(17-47)58-37)14-20(18-7-8-43-27(40)11-18)16-45-28(48)5-6-29(45)49/h5-6,9,18-27,30-31,33,35-37,43,47,51,53-55H,3-4,7-8,10-17,40H2,1-2H3,(H3,41,42,44). The molecule has 3 heterocycles. The van der Waals surface area contributed by atoms with Crippen molar-refractivity contribution in [3.8, 4) is 0 Å². The van der Waals surface area contributed by atoms with Crippen LogP contribution < -0.4 is 22.1 Å². The van der Waals surface area contributed by atoms with Crippen LogP contribution in [0, 0.1) is 47.3 Å². The van der Waals surface area contributed by atoms with Crippen LogP contribution in [0.15, 0.2) is 17.1 Å². The van der Waals surface area contributed by atoms with Gasteiger partial charge in [0.25, 0.3) is 11.8 Å². The van der Waals surface area contributed by atoms with Crippen molar-refractivity contribution in [1.82, 2.24) is 15.5 Å². The van der Waals surface area contributed by atoms with Gasteiger partial charge in [0.2, 0.25) is 0 Å². The van der Waals surface area contributed by atoms with Crippen molar-refractivity contribution in [2.75, 3.05) is 40.4 Å². The lowest BCUT2D eigenvalue weighted by Crippen LogP contribution is -2.69. The van der Waals surface area contributed by atoms with E-state index in [9.17, 15) is 49.5 Å². The Balaban J connectivity index is 1.24. The van der Waals surface area contributed by atoms with E-state index < -0.39 is 114 Å². The average molecular weight is 821 g/mol. The van der Waals surface area contributed by atoms with Crippen LogP contribution in [0.3, 0.4) is 0 Å². The summed E-state index contributed by atoms with van der Waals surface area (Å²) in [5.41, 5.74) is 9.77. The zero-order valence-electron chi connectivity index (χ0n) is 33.0. The van der Waals surface area contributed by atoms with Crippen molar-refractivity contribution < 1.29 is 63.7 Å². The molecule has 0 bridgehead atoms. The van der Waals surface area contributed by atoms with Gasteiger partial charge in [0.05, 0.1) is 42.9 Å². The molecule has 11 N–H and O–H groups in total. The van der Waals surface area contributed by atoms with Crippen molar-refractivity contribution in [1.29, 1.82) is 0 Å². The highest BCUT2D eigenvalue weighted by Crippen LogP contribution is 2.51. The van der Waals surface area contributed by atoms with E-state index in [1.807, 2.05) is 0 Å². The van der Waals surface area contributed by atoms with Crippen LogP contribution in [0.25, 0.3) is 0 Å². The van der Waals surface area contributed by atoms with Crippen molar-refractivity contribution >= 4 is 35.6 Å².